The van der Waals surface area contributed by atoms with Crippen molar-refractivity contribution in [2.24, 2.45) is 0 Å². The van der Waals surface area contributed by atoms with E-state index in [2.05, 4.69) is 52.7 Å². The number of aromatic amines is 1. The molecular weight excluding hydrogens is 462 g/mol. The van der Waals surface area contributed by atoms with E-state index >= 15 is 0 Å². The lowest BCUT2D eigenvalue weighted by molar-refractivity contribution is 0.174. The van der Waals surface area contributed by atoms with E-state index in [0.29, 0.717) is 28.7 Å². The van der Waals surface area contributed by atoms with Crippen molar-refractivity contribution < 1.29 is 9.47 Å². The molecule has 0 unspecified atom stereocenters. The van der Waals surface area contributed by atoms with Crippen molar-refractivity contribution in [2.45, 2.75) is 47.1 Å². The van der Waals surface area contributed by atoms with Gasteiger partial charge in [0.15, 0.2) is 16.6 Å². The van der Waals surface area contributed by atoms with Crippen molar-refractivity contribution in [1.29, 1.82) is 0 Å². The lowest BCUT2D eigenvalue weighted by Crippen LogP contribution is -2.42. The normalized spacial score (nSPS) is 12.6. The number of hydrogen-bond acceptors (Lipinski definition) is 6. The minimum atomic E-state index is -0.102. The van der Waals surface area contributed by atoms with Crippen LogP contribution < -0.4 is 20.3 Å². The predicted molar refractivity (Wildman–Crippen MR) is 147 cm³/mol. The SMILES string of the molecule is CCN(CC)CCCNC(=S)N(CCCN(CC)CC)Cc1cc2cc3c(cc2[nH]c1=O)OCO3. The van der Waals surface area contributed by atoms with Crippen molar-refractivity contribution in [3.63, 3.8) is 0 Å². The molecule has 8 nitrogen and oxygen atoms in total. The van der Waals surface area contributed by atoms with E-state index in [4.69, 9.17) is 21.7 Å². The van der Waals surface area contributed by atoms with Crippen LogP contribution in [0.5, 0.6) is 11.5 Å². The van der Waals surface area contributed by atoms with Crippen LogP contribution in [-0.2, 0) is 6.54 Å². The maximum atomic E-state index is 12.9. The average molecular weight is 504 g/mol. The molecule has 1 aromatic carbocycles. The molecule has 0 spiro atoms. The number of benzene rings is 1. The van der Waals surface area contributed by atoms with E-state index in [0.717, 1.165) is 76.1 Å². The second-order valence-electron chi connectivity index (χ2n) is 8.83. The molecule has 0 bridgehead atoms. The van der Waals surface area contributed by atoms with Gasteiger partial charge in [0.2, 0.25) is 6.79 Å². The second kappa shape index (κ2) is 13.7. The number of nitrogens with zero attached hydrogens (tertiary/aromatic N) is 3. The third-order valence-corrected chi connectivity index (χ3v) is 7.08. The fraction of sp³-hybridized carbons (Fsp3) is 0.615. The number of fused-ring (bicyclic) bond motifs is 2. The summed E-state index contributed by atoms with van der Waals surface area (Å²) in [5.74, 6) is 1.37. The van der Waals surface area contributed by atoms with Gasteiger partial charge in [-0.1, -0.05) is 27.7 Å². The third-order valence-electron chi connectivity index (χ3n) is 6.68. The number of hydrogen-bond donors (Lipinski definition) is 2. The summed E-state index contributed by atoms with van der Waals surface area (Å²) in [6.07, 6.45) is 2.01. The largest absolute Gasteiger partial charge is 0.454 e. The minimum Gasteiger partial charge on any atom is -0.454 e. The molecular formula is C26H41N5O3S. The van der Waals surface area contributed by atoms with Crippen molar-refractivity contribution >= 4 is 28.2 Å². The smallest absolute Gasteiger partial charge is 0.253 e. The Labute approximate surface area is 214 Å². The summed E-state index contributed by atoms with van der Waals surface area (Å²) < 4.78 is 11.0. The first-order chi connectivity index (χ1) is 17.0. The molecule has 35 heavy (non-hydrogen) atoms. The Kier molecular flexibility index (Phi) is 10.6. The molecule has 0 atom stereocenters. The summed E-state index contributed by atoms with van der Waals surface area (Å²) in [4.78, 5) is 22.9. The van der Waals surface area contributed by atoms with Crippen LogP contribution in [0.2, 0.25) is 0 Å². The van der Waals surface area contributed by atoms with Crippen LogP contribution in [-0.4, -0.2) is 83.9 Å². The van der Waals surface area contributed by atoms with E-state index in [1.54, 1.807) is 0 Å². The van der Waals surface area contributed by atoms with E-state index in [-0.39, 0.29) is 12.4 Å². The monoisotopic (exact) mass is 503 g/mol. The molecule has 1 aliphatic rings. The summed E-state index contributed by atoms with van der Waals surface area (Å²) in [5, 5.41) is 5.06. The van der Waals surface area contributed by atoms with Gasteiger partial charge in [0.25, 0.3) is 5.56 Å². The van der Waals surface area contributed by atoms with Gasteiger partial charge in [0, 0.05) is 30.1 Å². The molecule has 0 amide bonds. The molecule has 0 radical (unpaired) electrons. The van der Waals surface area contributed by atoms with Crippen LogP contribution in [0.4, 0.5) is 0 Å². The topological polar surface area (TPSA) is 73.1 Å². The summed E-state index contributed by atoms with van der Waals surface area (Å²) in [5.41, 5.74) is 1.33. The molecule has 2 N–H and O–H groups in total. The number of aromatic nitrogens is 1. The molecule has 0 aliphatic carbocycles. The predicted octanol–water partition coefficient (Wildman–Crippen LogP) is 3.40. The van der Waals surface area contributed by atoms with Gasteiger partial charge in [0.1, 0.15) is 0 Å². The summed E-state index contributed by atoms with van der Waals surface area (Å²) in [6.45, 7) is 17.3. The van der Waals surface area contributed by atoms with Gasteiger partial charge < -0.3 is 34.5 Å². The van der Waals surface area contributed by atoms with Gasteiger partial charge in [0.05, 0.1) is 12.1 Å². The van der Waals surface area contributed by atoms with Crippen molar-refractivity contribution in [1.82, 2.24) is 25.0 Å². The van der Waals surface area contributed by atoms with E-state index in [1.807, 2.05) is 18.2 Å². The fourth-order valence-electron chi connectivity index (χ4n) is 4.39. The molecule has 2 heterocycles. The van der Waals surface area contributed by atoms with Crippen LogP contribution in [0.3, 0.4) is 0 Å². The zero-order valence-electron chi connectivity index (χ0n) is 21.7. The van der Waals surface area contributed by atoms with Gasteiger partial charge in [-0.15, -0.1) is 0 Å². The number of nitrogens with one attached hydrogen (secondary N) is 2. The average Bonchev–Trinajstić information content (AvgIpc) is 3.32. The molecule has 3 rings (SSSR count). The zero-order valence-corrected chi connectivity index (χ0v) is 22.5. The van der Waals surface area contributed by atoms with Gasteiger partial charge in [-0.3, -0.25) is 4.79 Å². The highest BCUT2D eigenvalue weighted by Gasteiger charge is 2.17. The number of H-pyrrole nitrogens is 1. The maximum Gasteiger partial charge on any atom is 0.253 e. The first-order valence-corrected chi connectivity index (χ1v) is 13.3. The Morgan fingerprint density at radius 2 is 1.57 bits per heavy atom. The van der Waals surface area contributed by atoms with Crippen molar-refractivity contribution in [3.8, 4) is 11.5 Å². The Balaban J connectivity index is 1.70. The molecule has 9 heteroatoms. The van der Waals surface area contributed by atoms with Crippen LogP contribution in [0.25, 0.3) is 10.9 Å². The van der Waals surface area contributed by atoms with Crippen molar-refractivity contribution in [2.75, 3.05) is 59.2 Å². The van der Waals surface area contributed by atoms with Crippen molar-refractivity contribution in [3.05, 3.63) is 34.1 Å². The molecule has 1 aliphatic heterocycles. The molecule has 1 aromatic heterocycles. The number of ether oxygens (including phenoxy) is 2. The quantitative estimate of drug-likeness (QED) is 0.300. The van der Waals surface area contributed by atoms with Gasteiger partial charge in [-0.25, -0.2) is 0 Å². The minimum absolute atomic E-state index is 0.102. The highest BCUT2D eigenvalue weighted by atomic mass is 32.1. The number of rotatable bonds is 14. The molecule has 0 fully saturated rings. The van der Waals surface area contributed by atoms with Gasteiger partial charge >= 0.3 is 0 Å². The van der Waals surface area contributed by atoms with Gasteiger partial charge in [-0.2, -0.15) is 0 Å². The molecule has 0 saturated heterocycles. The Morgan fingerprint density at radius 1 is 0.943 bits per heavy atom. The maximum absolute atomic E-state index is 12.9. The van der Waals surface area contributed by atoms with E-state index in [1.165, 1.54) is 0 Å². The van der Waals surface area contributed by atoms with E-state index in [9.17, 15) is 4.79 Å². The summed E-state index contributed by atoms with van der Waals surface area (Å²) >= 11 is 5.79. The van der Waals surface area contributed by atoms with Crippen LogP contribution in [0.1, 0.15) is 46.1 Å². The molecule has 194 valence electrons. The number of thiocarbonyl (C=S) groups is 1. The fourth-order valence-corrected chi connectivity index (χ4v) is 4.65. The highest BCUT2D eigenvalue weighted by molar-refractivity contribution is 7.80. The van der Waals surface area contributed by atoms with E-state index < -0.39 is 0 Å². The first-order valence-electron chi connectivity index (χ1n) is 12.9. The zero-order chi connectivity index (χ0) is 25.2. The molecule has 2 aromatic rings. The lowest BCUT2D eigenvalue weighted by Gasteiger charge is -2.27. The Bertz CT molecular complexity index is 1020. The lowest BCUT2D eigenvalue weighted by atomic mass is 10.1. The third kappa shape index (κ3) is 7.56. The van der Waals surface area contributed by atoms with Crippen LogP contribution in [0.15, 0.2) is 23.0 Å². The number of pyridine rings is 1. The first kappa shape index (κ1) is 27.2. The van der Waals surface area contributed by atoms with Crippen LogP contribution >= 0.6 is 12.2 Å². The Morgan fingerprint density at radius 3 is 2.23 bits per heavy atom. The summed E-state index contributed by atoms with van der Waals surface area (Å²) in [6, 6.07) is 5.69. The standard InChI is InChI=1S/C26H41N5O3S/c1-5-29(6-2)12-9-11-27-26(35)31(14-10-13-30(7-3)8-4)18-21-15-20-16-23-24(34-19-33-23)17-22(20)28-25(21)32/h15-17H,5-14,18-19H2,1-4H3,(H,27,35)(H,28,32). The Hall–Kier alpha value is -2.36. The second-order valence-corrected chi connectivity index (χ2v) is 9.22. The van der Waals surface area contributed by atoms with Crippen LogP contribution in [0, 0.1) is 0 Å². The molecule has 0 saturated carbocycles. The highest BCUT2D eigenvalue weighted by Crippen LogP contribution is 2.35. The van der Waals surface area contributed by atoms with Gasteiger partial charge in [-0.05, 0) is 76.5 Å². The summed E-state index contributed by atoms with van der Waals surface area (Å²) in [7, 11) is 0.